The predicted molar refractivity (Wildman–Crippen MR) is 182 cm³/mol. The first-order chi connectivity index (χ1) is 22.4. The van der Waals surface area contributed by atoms with Gasteiger partial charge in [-0.3, -0.25) is 24.2 Å². The molecule has 0 saturated carbocycles. The number of likely N-dealkylation sites (N-methyl/N-ethyl adjacent to an activating group) is 1. The number of phenolic OH excluding ortho intramolecular Hbond substituents is 1. The Hall–Kier alpha value is -4.69. The van der Waals surface area contributed by atoms with E-state index in [4.69, 9.17) is 22.9 Å². The van der Waals surface area contributed by atoms with Crippen molar-refractivity contribution >= 4 is 29.6 Å². The molecule has 0 aliphatic carbocycles. The number of hydrogen-bond acceptors (Lipinski definition) is 8. The molecule has 14 nitrogen and oxygen atoms in total. The van der Waals surface area contributed by atoms with Crippen LogP contribution < -0.4 is 44.2 Å². The average Bonchev–Trinajstić information content (AvgIpc) is 3.01. The van der Waals surface area contributed by atoms with Crippen molar-refractivity contribution in [2.24, 2.45) is 27.9 Å². The van der Waals surface area contributed by atoms with Crippen LogP contribution in [0.1, 0.15) is 54.4 Å². The van der Waals surface area contributed by atoms with E-state index in [1.165, 1.54) is 0 Å². The van der Waals surface area contributed by atoms with Crippen LogP contribution in [0.4, 0.5) is 0 Å². The van der Waals surface area contributed by atoms with Gasteiger partial charge in [0.2, 0.25) is 23.6 Å². The molecule has 2 rings (SSSR count). The van der Waals surface area contributed by atoms with E-state index in [1.54, 1.807) is 19.2 Å². The van der Waals surface area contributed by atoms with Crippen LogP contribution >= 0.6 is 0 Å². The molecule has 4 atom stereocenters. The smallest absolute Gasteiger partial charge is 0.243 e. The fraction of sp³-hybridized carbons (Fsp3) is 0.485. The second kappa shape index (κ2) is 19.7. The minimum atomic E-state index is -1.08. The molecule has 4 amide bonds. The van der Waals surface area contributed by atoms with Gasteiger partial charge < -0.3 is 49.3 Å². The summed E-state index contributed by atoms with van der Waals surface area (Å²) in [7, 11) is 1.64. The molecule has 2 aromatic carbocycles. The zero-order chi connectivity index (χ0) is 34.9. The number of carbonyl (C=O) groups excluding carboxylic acids is 4. The number of benzene rings is 2. The lowest BCUT2D eigenvalue weighted by atomic mass is 9.95. The molecule has 0 bridgehead atoms. The van der Waals surface area contributed by atoms with Crippen molar-refractivity contribution in [1.29, 1.82) is 0 Å². The first-order valence-electron chi connectivity index (χ1n) is 15.8. The molecular weight excluding hydrogens is 602 g/mol. The van der Waals surface area contributed by atoms with E-state index in [0.29, 0.717) is 38.6 Å². The number of unbranched alkanes of at least 4 members (excludes halogenated alkanes) is 1. The third-order valence-corrected chi connectivity index (χ3v) is 7.85. The number of amides is 4. The second-order valence-corrected chi connectivity index (χ2v) is 11.6. The van der Waals surface area contributed by atoms with E-state index in [0.717, 1.165) is 22.3 Å². The van der Waals surface area contributed by atoms with Gasteiger partial charge in [-0.15, -0.1) is 0 Å². The molecule has 2 aromatic rings. The van der Waals surface area contributed by atoms with Crippen molar-refractivity contribution in [2.75, 3.05) is 20.1 Å². The van der Waals surface area contributed by atoms with Gasteiger partial charge in [0.05, 0.1) is 6.04 Å². The van der Waals surface area contributed by atoms with Gasteiger partial charge in [0.15, 0.2) is 5.96 Å². The summed E-state index contributed by atoms with van der Waals surface area (Å²) in [6, 6.07) is 8.58. The number of rotatable bonds is 20. The molecule has 0 radical (unpaired) electrons. The molecule has 0 spiro atoms. The van der Waals surface area contributed by atoms with Crippen LogP contribution in [0.25, 0.3) is 0 Å². The van der Waals surface area contributed by atoms with Crippen LogP contribution in [0.5, 0.6) is 5.75 Å². The number of aliphatic imine (C=N–C) groups is 1. The number of carbonyl (C=O) groups is 4. The molecule has 0 aliphatic rings. The Bertz CT molecular complexity index is 1340. The van der Waals surface area contributed by atoms with Crippen LogP contribution in [0.15, 0.2) is 47.5 Å². The van der Waals surface area contributed by atoms with E-state index < -0.39 is 47.8 Å². The summed E-state index contributed by atoms with van der Waals surface area (Å²) in [5, 5.41) is 21.3. The summed E-state index contributed by atoms with van der Waals surface area (Å²) in [6.45, 7) is 4.36. The van der Waals surface area contributed by atoms with E-state index in [1.807, 2.05) is 44.2 Å². The first kappa shape index (κ1) is 38.5. The quantitative estimate of drug-likeness (QED) is 0.0507. The second-order valence-electron chi connectivity index (χ2n) is 11.6. The van der Waals surface area contributed by atoms with Gasteiger partial charge in [-0.05, 0) is 100 Å². The maximum absolute atomic E-state index is 13.8. The Morgan fingerprint density at radius 2 is 1.32 bits per heavy atom. The van der Waals surface area contributed by atoms with Crippen molar-refractivity contribution in [3.63, 3.8) is 0 Å². The Morgan fingerprint density at radius 1 is 0.766 bits per heavy atom. The number of primary amides is 1. The summed E-state index contributed by atoms with van der Waals surface area (Å²) >= 11 is 0. The highest BCUT2D eigenvalue weighted by Gasteiger charge is 2.30. The largest absolute Gasteiger partial charge is 0.508 e. The highest BCUT2D eigenvalue weighted by molar-refractivity contribution is 5.94. The van der Waals surface area contributed by atoms with E-state index in [9.17, 15) is 24.3 Å². The van der Waals surface area contributed by atoms with Gasteiger partial charge >= 0.3 is 0 Å². The maximum atomic E-state index is 13.8. The number of nitrogens with zero attached hydrogens (tertiary/aromatic N) is 1. The number of hydrogen-bond donors (Lipinski definition) is 9. The van der Waals surface area contributed by atoms with Crippen molar-refractivity contribution in [2.45, 2.75) is 83.0 Å². The molecule has 258 valence electrons. The number of phenols is 1. The molecule has 4 unspecified atom stereocenters. The molecule has 0 saturated heterocycles. The Balaban J connectivity index is 2.31. The van der Waals surface area contributed by atoms with Crippen LogP contribution in [-0.2, 0) is 32.0 Å². The number of nitrogens with one attached hydrogen (secondary N) is 4. The van der Waals surface area contributed by atoms with Crippen molar-refractivity contribution < 1.29 is 24.3 Å². The maximum Gasteiger partial charge on any atom is 0.243 e. The van der Waals surface area contributed by atoms with Gasteiger partial charge in [0, 0.05) is 13.0 Å². The topological polar surface area (TPSA) is 253 Å². The standard InChI is InChI=1S/C33H51N9O5/c1-20-16-23(43)17-21(2)24(20)19-27(38-3)31(46)41-26(13-9-15-39-33(36)37)30(45)42-28(18-22-10-5-4-6-11-22)32(47)40-25(29(35)44)12-7-8-14-34/h4-6,10-11,16-17,25-28,38,43H,7-9,12-15,18-19,34H2,1-3H3,(H2,35,44)(H,40,47)(H,41,46)(H,42,45)(H4,36,37,39). The summed E-state index contributed by atoms with van der Waals surface area (Å²) in [4.78, 5) is 57.0. The van der Waals surface area contributed by atoms with Crippen molar-refractivity contribution in [3.05, 3.63) is 64.7 Å². The van der Waals surface area contributed by atoms with E-state index >= 15 is 0 Å². The highest BCUT2D eigenvalue weighted by atomic mass is 16.3. The molecule has 0 fully saturated rings. The van der Waals surface area contributed by atoms with Crippen LogP contribution in [-0.4, -0.2) is 79.0 Å². The normalized spacial score (nSPS) is 13.4. The summed E-state index contributed by atoms with van der Waals surface area (Å²) in [5.74, 6) is -2.26. The zero-order valence-corrected chi connectivity index (χ0v) is 27.6. The fourth-order valence-electron chi connectivity index (χ4n) is 5.25. The van der Waals surface area contributed by atoms with Gasteiger partial charge in [0.1, 0.15) is 23.9 Å². The van der Waals surface area contributed by atoms with Crippen LogP contribution in [0, 0.1) is 13.8 Å². The lowest BCUT2D eigenvalue weighted by molar-refractivity contribution is -0.133. The van der Waals surface area contributed by atoms with Crippen LogP contribution in [0.2, 0.25) is 0 Å². The molecule has 0 aromatic heterocycles. The van der Waals surface area contributed by atoms with E-state index in [2.05, 4.69) is 26.3 Å². The zero-order valence-electron chi connectivity index (χ0n) is 27.6. The van der Waals surface area contributed by atoms with Gasteiger partial charge in [-0.2, -0.15) is 0 Å². The van der Waals surface area contributed by atoms with Crippen molar-refractivity contribution in [3.8, 4) is 5.75 Å². The number of guanidine groups is 1. The van der Waals surface area contributed by atoms with E-state index in [-0.39, 0.29) is 31.1 Å². The van der Waals surface area contributed by atoms with Gasteiger partial charge in [0.25, 0.3) is 0 Å². The average molecular weight is 654 g/mol. The number of aryl methyl sites for hydroxylation is 2. The predicted octanol–water partition coefficient (Wildman–Crippen LogP) is -0.495. The van der Waals surface area contributed by atoms with Crippen LogP contribution in [0.3, 0.4) is 0 Å². The highest BCUT2D eigenvalue weighted by Crippen LogP contribution is 2.22. The number of nitrogens with two attached hydrogens (primary N) is 4. The lowest BCUT2D eigenvalue weighted by Crippen LogP contribution is -2.58. The van der Waals surface area contributed by atoms with Gasteiger partial charge in [-0.25, -0.2) is 0 Å². The Morgan fingerprint density at radius 3 is 1.89 bits per heavy atom. The van der Waals surface area contributed by atoms with Gasteiger partial charge in [-0.1, -0.05) is 30.3 Å². The summed E-state index contributed by atoms with van der Waals surface area (Å²) < 4.78 is 0. The molecule has 0 aliphatic heterocycles. The third kappa shape index (κ3) is 13.3. The minimum Gasteiger partial charge on any atom is -0.508 e. The Kier molecular flexibility index (Phi) is 16.2. The van der Waals surface area contributed by atoms with Crippen molar-refractivity contribution in [1.82, 2.24) is 21.3 Å². The third-order valence-electron chi connectivity index (χ3n) is 7.85. The summed E-state index contributed by atoms with van der Waals surface area (Å²) in [6.07, 6.45) is 2.51. The molecular formula is C33H51N9O5. The first-order valence-corrected chi connectivity index (χ1v) is 15.8. The fourth-order valence-corrected chi connectivity index (χ4v) is 5.25. The monoisotopic (exact) mass is 653 g/mol. The number of aromatic hydroxyl groups is 1. The molecule has 47 heavy (non-hydrogen) atoms. The molecule has 0 heterocycles. The minimum absolute atomic E-state index is 0.0972. The molecule has 13 N–H and O–H groups in total. The Labute approximate surface area is 276 Å². The summed E-state index contributed by atoms with van der Waals surface area (Å²) in [5.41, 5.74) is 25.4. The lowest BCUT2D eigenvalue weighted by Gasteiger charge is -2.26. The molecule has 14 heteroatoms. The SMILES string of the molecule is CNC(Cc1c(C)cc(O)cc1C)C(=O)NC(CCCN=C(N)N)C(=O)NC(Cc1ccccc1)C(=O)NC(CCCCN)C(N)=O.